The lowest BCUT2D eigenvalue weighted by Crippen LogP contribution is -2.26. The van der Waals surface area contributed by atoms with Crippen molar-refractivity contribution in [1.82, 2.24) is 5.32 Å². The number of nitrogens with one attached hydrogen (secondary N) is 1. The van der Waals surface area contributed by atoms with E-state index in [4.69, 9.17) is 0 Å². The number of allylic oxidation sites excluding steroid dienone is 1. The van der Waals surface area contributed by atoms with E-state index in [1.165, 1.54) is 28.2 Å². The summed E-state index contributed by atoms with van der Waals surface area (Å²) >= 11 is 0. The SMILES string of the molecule is Cc1ccc(C2CNC3=CCc4ccccc4N32)cc1. The minimum atomic E-state index is 0.392. The van der Waals surface area contributed by atoms with Crippen molar-refractivity contribution in [3.8, 4) is 0 Å². The minimum Gasteiger partial charge on any atom is -0.369 e. The first-order chi connectivity index (χ1) is 9.83. The fourth-order valence-corrected chi connectivity index (χ4v) is 3.19. The largest absolute Gasteiger partial charge is 0.369 e. The molecule has 1 saturated heterocycles. The molecule has 0 bridgehead atoms. The molecule has 0 amide bonds. The molecular weight excluding hydrogens is 244 g/mol. The van der Waals surface area contributed by atoms with Gasteiger partial charge in [0, 0.05) is 12.2 Å². The highest BCUT2D eigenvalue weighted by atomic mass is 15.3. The molecule has 2 nitrogen and oxygen atoms in total. The van der Waals surface area contributed by atoms with Crippen LogP contribution in [0.5, 0.6) is 0 Å². The molecule has 1 unspecified atom stereocenters. The summed E-state index contributed by atoms with van der Waals surface area (Å²) in [5, 5.41) is 3.55. The van der Waals surface area contributed by atoms with Crippen molar-refractivity contribution in [2.24, 2.45) is 0 Å². The van der Waals surface area contributed by atoms with Crippen LogP contribution >= 0.6 is 0 Å². The van der Waals surface area contributed by atoms with Crippen molar-refractivity contribution in [2.75, 3.05) is 11.4 Å². The first kappa shape index (κ1) is 11.6. The molecule has 1 atom stereocenters. The molecule has 2 heterocycles. The molecule has 20 heavy (non-hydrogen) atoms. The van der Waals surface area contributed by atoms with Gasteiger partial charge in [0.05, 0.1) is 6.04 Å². The number of anilines is 1. The van der Waals surface area contributed by atoms with Gasteiger partial charge in [0.1, 0.15) is 5.82 Å². The molecule has 0 radical (unpaired) electrons. The first-order valence-electron chi connectivity index (χ1n) is 7.21. The third-order valence-electron chi connectivity index (χ3n) is 4.28. The second kappa shape index (κ2) is 4.41. The maximum absolute atomic E-state index is 3.55. The van der Waals surface area contributed by atoms with E-state index >= 15 is 0 Å². The van der Waals surface area contributed by atoms with Gasteiger partial charge in [0.15, 0.2) is 0 Å². The molecule has 100 valence electrons. The minimum absolute atomic E-state index is 0.392. The van der Waals surface area contributed by atoms with Crippen LogP contribution in [0, 0.1) is 6.92 Å². The lowest BCUT2D eigenvalue weighted by atomic mass is 10.0. The Kier molecular flexibility index (Phi) is 2.56. The quantitative estimate of drug-likeness (QED) is 0.845. The normalized spacial score (nSPS) is 19.9. The molecule has 1 fully saturated rings. The maximum Gasteiger partial charge on any atom is 0.103 e. The number of hydrogen-bond acceptors (Lipinski definition) is 2. The fraction of sp³-hybridized carbons (Fsp3) is 0.222. The Bertz CT molecular complexity index is 670. The molecule has 1 N–H and O–H groups in total. The summed E-state index contributed by atoms with van der Waals surface area (Å²) in [4.78, 5) is 2.45. The molecule has 0 aromatic heterocycles. The number of nitrogens with zero attached hydrogens (tertiary/aromatic N) is 1. The zero-order valence-electron chi connectivity index (χ0n) is 11.6. The van der Waals surface area contributed by atoms with Gasteiger partial charge in [-0.3, -0.25) is 0 Å². The van der Waals surface area contributed by atoms with E-state index in [0.717, 1.165) is 13.0 Å². The van der Waals surface area contributed by atoms with Crippen molar-refractivity contribution in [3.05, 3.63) is 77.1 Å². The number of benzene rings is 2. The maximum atomic E-state index is 3.55. The predicted molar refractivity (Wildman–Crippen MR) is 82.6 cm³/mol. The third-order valence-corrected chi connectivity index (χ3v) is 4.28. The van der Waals surface area contributed by atoms with E-state index in [1.54, 1.807) is 0 Å². The highest BCUT2D eigenvalue weighted by molar-refractivity contribution is 5.64. The fourth-order valence-electron chi connectivity index (χ4n) is 3.19. The van der Waals surface area contributed by atoms with Crippen LogP contribution in [0.2, 0.25) is 0 Å². The van der Waals surface area contributed by atoms with Gasteiger partial charge in [0.25, 0.3) is 0 Å². The molecule has 2 aliphatic rings. The van der Waals surface area contributed by atoms with Gasteiger partial charge in [-0.05, 0) is 36.6 Å². The number of aryl methyl sites for hydroxylation is 1. The first-order valence-corrected chi connectivity index (χ1v) is 7.21. The van der Waals surface area contributed by atoms with E-state index in [9.17, 15) is 0 Å². The summed E-state index contributed by atoms with van der Waals surface area (Å²) in [6, 6.07) is 18.0. The second-order valence-corrected chi connectivity index (χ2v) is 5.60. The van der Waals surface area contributed by atoms with E-state index in [1.807, 2.05) is 0 Å². The Hall–Kier alpha value is -2.22. The van der Waals surface area contributed by atoms with Crippen molar-refractivity contribution in [2.45, 2.75) is 19.4 Å². The highest BCUT2D eigenvalue weighted by Crippen LogP contribution is 2.39. The van der Waals surface area contributed by atoms with Crippen LogP contribution in [0.15, 0.2) is 60.4 Å². The second-order valence-electron chi connectivity index (χ2n) is 5.60. The van der Waals surface area contributed by atoms with Crippen LogP contribution in [0.4, 0.5) is 5.69 Å². The molecule has 0 aliphatic carbocycles. The predicted octanol–water partition coefficient (Wildman–Crippen LogP) is 3.54. The Morgan fingerprint density at radius 2 is 1.85 bits per heavy atom. The number of fused-ring (bicyclic) bond motifs is 3. The summed E-state index contributed by atoms with van der Waals surface area (Å²) < 4.78 is 0. The third kappa shape index (κ3) is 1.72. The van der Waals surface area contributed by atoms with Gasteiger partial charge in [-0.15, -0.1) is 0 Å². The zero-order chi connectivity index (χ0) is 13.5. The molecule has 2 aromatic carbocycles. The van der Waals surface area contributed by atoms with Crippen molar-refractivity contribution in [1.29, 1.82) is 0 Å². The molecule has 2 heteroatoms. The van der Waals surface area contributed by atoms with Crippen LogP contribution in [-0.2, 0) is 6.42 Å². The van der Waals surface area contributed by atoms with Crippen LogP contribution in [0.3, 0.4) is 0 Å². The van der Waals surface area contributed by atoms with Crippen LogP contribution in [0.25, 0.3) is 0 Å². The van der Waals surface area contributed by atoms with Crippen molar-refractivity contribution in [3.63, 3.8) is 0 Å². The van der Waals surface area contributed by atoms with Crippen LogP contribution in [-0.4, -0.2) is 6.54 Å². The standard InChI is InChI=1S/C18H18N2/c1-13-6-8-15(9-7-13)17-12-19-18-11-10-14-4-2-3-5-16(14)20(17)18/h2-9,11,17,19H,10,12H2,1H3. The Labute approximate surface area is 119 Å². The van der Waals surface area contributed by atoms with E-state index < -0.39 is 0 Å². The van der Waals surface area contributed by atoms with Gasteiger partial charge in [-0.2, -0.15) is 0 Å². The molecule has 4 rings (SSSR count). The summed E-state index contributed by atoms with van der Waals surface area (Å²) in [6.07, 6.45) is 3.33. The highest BCUT2D eigenvalue weighted by Gasteiger charge is 2.33. The molecule has 2 aromatic rings. The average molecular weight is 262 g/mol. The topological polar surface area (TPSA) is 15.3 Å². The van der Waals surface area contributed by atoms with Gasteiger partial charge in [-0.25, -0.2) is 0 Å². The Morgan fingerprint density at radius 3 is 2.70 bits per heavy atom. The zero-order valence-corrected chi connectivity index (χ0v) is 11.6. The van der Waals surface area contributed by atoms with E-state index in [-0.39, 0.29) is 0 Å². The molecule has 2 aliphatic heterocycles. The summed E-state index contributed by atoms with van der Waals surface area (Å²) in [5.41, 5.74) is 5.45. The number of para-hydroxylation sites is 1. The van der Waals surface area contributed by atoms with E-state index in [2.05, 4.69) is 71.7 Å². The van der Waals surface area contributed by atoms with Crippen molar-refractivity contribution < 1.29 is 0 Å². The summed E-state index contributed by atoms with van der Waals surface area (Å²) in [5.74, 6) is 1.26. The summed E-state index contributed by atoms with van der Waals surface area (Å²) in [7, 11) is 0. The Balaban J connectivity index is 1.78. The Morgan fingerprint density at radius 1 is 1.05 bits per heavy atom. The van der Waals surface area contributed by atoms with Gasteiger partial charge < -0.3 is 10.2 Å². The average Bonchev–Trinajstić information content (AvgIpc) is 2.92. The lowest BCUT2D eigenvalue weighted by Gasteiger charge is -2.31. The number of rotatable bonds is 1. The van der Waals surface area contributed by atoms with Crippen molar-refractivity contribution >= 4 is 5.69 Å². The van der Waals surface area contributed by atoms with Crippen LogP contribution in [0.1, 0.15) is 22.7 Å². The van der Waals surface area contributed by atoms with Crippen LogP contribution < -0.4 is 10.2 Å². The van der Waals surface area contributed by atoms with E-state index in [0.29, 0.717) is 6.04 Å². The molecular formula is C18H18N2. The van der Waals surface area contributed by atoms with Gasteiger partial charge in [-0.1, -0.05) is 48.0 Å². The smallest absolute Gasteiger partial charge is 0.103 e. The monoisotopic (exact) mass is 262 g/mol. The van der Waals surface area contributed by atoms with Gasteiger partial charge >= 0.3 is 0 Å². The molecule has 0 spiro atoms. The summed E-state index contributed by atoms with van der Waals surface area (Å²) in [6.45, 7) is 3.11. The lowest BCUT2D eigenvalue weighted by molar-refractivity contribution is 0.753. The number of hydrogen-bond donors (Lipinski definition) is 1. The molecule has 0 saturated carbocycles. The van der Waals surface area contributed by atoms with Gasteiger partial charge in [0.2, 0.25) is 0 Å².